The molecular formula is C68H125NO10. The van der Waals surface area contributed by atoms with Crippen LogP contribution in [-0.4, -0.2) is 100 Å². The van der Waals surface area contributed by atoms with Crippen LogP contribution in [0.2, 0.25) is 0 Å². The number of esters is 1. The maximum absolute atomic E-state index is 13.0. The third-order valence-electron chi connectivity index (χ3n) is 15.7. The zero-order valence-corrected chi connectivity index (χ0v) is 51.1. The van der Waals surface area contributed by atoms with Gasteiger partial charge in [0, 0.05) is 12.8 Å². The maximum atomic E-state index is 13.0. The molecule has 0 saturated carbocycles. The van der Waals surface area contributed by atoms with E-state index in [1.807, 2.05) is 19.1 Å². The molecule has 1 heterocycles. The van der Waals surface area contributed by atoms with Crippen molar-refractivity contribution in [1.82, 2.24) is 5.32 Å². The summed E-state index contributed by atoms with van der Waals surface area (Å²) in [5, 5.41) is 54.2. The lowest BCUT2D eigenvalue weighted by Gasteiger charge is -2.40. The van der Waals surface area contributed by atoms with E-state index in [-0.39, 0.29) is 18.5 Å². The highest BCUT2D eigenvalue weighted by Gasteiger charge is 2.44. The van der Waals surface area contributed by atoms with Crippen molar-refractivity contribution in [2.24, 2.45) is 0 Å². The number of ether oxygens (including phenoxy) is 3. The van der Waals surface area contributed by atoms with E-state index in [1.165, 1.54) is 218 Å². The number of amides is 1. The Balaban J connectivity index is 1.94. The fraction of sp³-hybridized carbons (Fsp3) is 0.853. The molecule has 0 spiro atoms. The predicted octanol–water partition coefficient (Wildman–Crippen LogP) is 16.4. The Kier molecular flexibility index (Phi) is 54.3. The Morgan fingerprint density at radius 2 is 0.873 bits per heavy atom. The largest absolute Gasteiger partial charge is 0.466 e. The van der Waals surface area contributed by atoms with Crippen LogP contribution < -0.4 is 5.32 Å². The van der Waals surface area contributed by atoms with Crippen LogP contribution >= 0.6 is 0 Å². The number of aliphatic hydroxyl groups excluding tert-OH is 5. The summed E-state index contributed by atoms with van der Waals surface area (Å²) in [7, 11) is 0. The van der Waals surface area contributed by atoms with Crippen LogP contribution in [0.25, 0.3) is 0 Å². The second kappa shape index (κ2) is 57.4. The van der Waals surface area contributed by atoms with Crippen molar-refractivity contribution in [3.05, 3.63) is 48.6 Å². The van der Waals surface area contributed by atoms with Crippen molar-refractivity contribution >= 4 is 11.9 Å². The van der Waals surface area contributed by atoms with E-state index in [0.29, 0.717) is 19.4 Å². The molecular weight excluding hydrogens is 991 g/mol. The molecule has 11 heteroatoms. The molecule has 1 rings (SSSR count). The van der Waals surface area contributed by atoms with Crippen LogP contribution in [-0.2, 0) is 23.8 Å². The average molecular weight is 1120 g/mol. The minimum atomic E-state index is -1.58. The van der Waals surface area contributed by atoms with Gasteiger partial charge in [0.05, 0.1) is 32.0 Å². The summed E-state index contributed by atoms with van der Waals surface area (Å²) in [4.78, 5) is 25.1. The van der Waals surface area contributed by atoms with Gasteiger partial charge >= 0.3 is 5.97 Å². The lowest BCUT2D eigenvalue weighted by Crippen LogP contribution is -2.60. The van der Waals surface area contributed by atoms with Crippen molar-refractivity contribution in [2.75, 3.05) is 19.8 Å². The lowest BCUT2D eigenvalue weighted by atomic mass is 9.99. The highest BCUT2D eigenvalue weighted by molar-refractivity contribution is 5.76. The first kappa shape index (κ1) is 74.6. The highest BCUT2D eigenvalue weighted by Crippen LogP contribution is 2.23. The van der Waals surface area contributed by atoms with Crippen molar-refractivity contribution in [2.45, 2.75) is 352 Å². The van der Waals surface area contributed by atoms with Gasteiger partial charge in [-0.05, 0) is 77.6 Å². The number of allylic oxidation sites excluding steroid dienone is 7. The Labute approximate surface area is 485 Å². The molecule has 1 saturated heterocycles. The zero-order chi connectivity index (χ0) is 57.3. The summed E-state index contributed by atoms with van der Waals surface area (Å²) in [5.41, 5.74) is 0. The first-order chi connectivity index (χ1) is 38.7. The molecule has 7 atom stereocenters. The van der Waals surface area contributed by atoms with Gasteiger partial charge in [-0.3, -0.25) is 9.59 Å². The van der Waals surface area contributed by atoms with Crippen molar-refractivity contribution in [3.63, 3.8) is 0 Å². The summed E-state index contributed by atoms with van der Waals surface area (Å²) in [5.74, 6) is -0.191. The lowest BCUT2D eigenvalue weighted by molar-refractivity contribution is -0.302. The van der Waals surface area contributed by atoms with E-state index in [9.17, 15) is 35.1 Å². The zero-order valence-electron chi connectivity index (χ0n) is 51.1. The molecule has 7 unspecified atom stereocenters. The molecule has 0 aromatic rings. The van der Waals surface area contributed by atoms with Crippen molar-refractivity contribution in [3.8, 4) is 0 Å². The van der Waals surface area contributed by atoms with Gasteiger partial charge < -0.3 is 45.1 Å². The van der Waals surface area contributed by atoms with E-state index >= 15 is 0 Å². The predicted molar refractivity (Wildman–Crippen MR) is 329 cm³/mol. The summed E-state index contributed by atoms with van der Waals surface area (Å²) in [6, 6.07) is -0.834. The van der Waals surface area contributed by atoms with Gasteiger partial charge in [-0.25, -0.2) is 0 Å². The van der Waals surface area contributed by atoms with Gasteiger partial charge in [0.2, 0.25) is 5.91 Å². The second-order valence-corrected chi connectivity index (χ2v) is 23.2. The Hall–Kier alpha value is -2.38. The number of hydrogen-bond acceptors (Lipinski definition) is 10. The van der Waals surface area contributed by atoms with E-state index in [4.69, 9.17) is 14.2 Å². The van der Waals surface area contributed by atoms with Gasteiger partial charge in [0.25, 0.3) is 0 Å². The van der Waals surface area contributed by atoms with Crippen LogP contribution in [0.3, 0.4) is 0 Å². The molecule has 0 radical (unpaired) electrons. The molecule has 1 aliphatic rings. The first-order valence-corrected chi connectivity index (χ1v) is 33.4. The SMILES string of the molecule is C/C=C/CC/C=C/CC/C=C/C(O)C(COC1OC(CO)C(O)C(O)C1O)NC(=O)CCCCCCCCCCCCCC/C=C\CCCCCCCCCCCCCCOC(=O)CCCCCCCCCCCCCCCC. The molecule has 1 fully saturated rings. The molecule has 6 N–H and O–H groups in total. The quantitative estimate of drug-likeness (QED) is 0.0195. The summed E-state index contributed by atoms with van der Waals surface area (Å²) in [6.07, 6.45) is 64.2. The molecule has 11 nitrogen and oxygen atoms in total. The van der Waals surface area contributed by atoms with E-state index in [1.54, 1.807) is 6.08 Å². The molecule has 0 aromatic carbocycles. The van der Waals surface area contributed by atoms with Crippen LogP contribution in [0, 0.1) is 0 Å². The van der Waals surface area contributed by atoms with Gasteiger partial charge in [-0.2, -0.15) is 0 Å². The highest BCUT2D eigenvalue weighted by atomic mass is 16.7. The summed E-state index contributed by atoms with van der Waals surface area (Å²) in [6.45, 7) is 4.11. The van der Waals surface area contributed by atoms with Crippen LogP contribution in [0.4, 0.5) is 0 Å². The standard InChI is InChI=1S/C68H125NO10/c1-3-5-7-9-11-13-14-15-33-36-40-44-48-52-56-64(73)77-57-53-49-45-41-37-34-31-29-27-25-23-21-19-17-16-18-20-22-24-26-28-30-32-35-39-43-47-51-55-63(72)69-60(61(71)54-50-46-42-38-12-10-8-6-4-2)59-78-68-67(76)66(75)65(74)62(58-70)79-68/h4,6,12,16-17,38,50,54,60-62,65-68,70-71,74-76H,3,5,7-11,13-15,18-37,39-49,51-53,55-59H2,1-2H3,(H,69,72)/b6-4+,17-16-,38-12+,54-50+. The Morgan fingerprint density at radius 3 is 1.33 bits per heavy atom. The monoisotopic (exact) mass is 1120 g/mol. The molecule has 0 bridgehead atoms. The van der Waals surface area contributed by atoms with Crippen LogP contribution in [0.1, 0.15) is 309 Å². The number of carbonyl (C=O) groups excluding carboxylic acids is 2. The number of carbonyl (C=O) groups is 2. The van der Waals surface area contributed by atoms with E-state index in [0.717, 1.165) is 64.2 Å². The number of rotatable bonds is 58. The number of aliphatic hydroxyl groups is 5. The number of hydrogen-bond donors (Lipinski definition) is 6. The average Bonchev–Trinajstić information content (AvgIpc) is 3.46. The van der Waals surface area contributed by atoms with Gasteiger partial charge in [-0.1, -0.05) is 267 Å². The number of unbranched alkanes of at least 4 members (excludes halogenated alkanes) is 39. The van der Waals surface area contributed by atoms with Gasteiger partial charge in [-0.15, -0.1) is 0 Å². The van der Waals surface area contributed by atoms with E-state index in [2.05, 4.69) is 42.6 Å². The van der Waals surface area contributed by atoms with E-state index < -0.39 is 49.5 Å². The Morgan fingerprint density at radius 1 is 0.481 bits per heavy atom. The molecule has 1 aliphatic heterocycles. The van der Waals surface area contributed by atoms with Crippen LogP contribution in [0.15, 0.2) is 48.6 Å². The fourth-order valence-electron chi connectivity index (χ4n) is 10.5. The minimum Gasteiger partial charge on any atom is -0.466 e. The minimum absolute atomic E-state index is 0.00829. The molecule has 0 aliphatic carbocycles. The summed E-state index contributed by atoms with van der Waals surface area (Å²) >= 11 is 0. The topological polar surface area (TPSA) is 175 Å². The van der Waals surface area contributed by atoms with Crippen molar-refractivity contribution < 1.29 is 49.3 Å². The van der Waals surface area contributed by atoms with Gasteiger partial charge in [0.15, 0.2) is 6.29 Å². The normalized spacial score (nSPS) is 18.7. The maximum Gasteiger partial charge on any atom is 0.305 e. The summed E-state index contributed by atoms with van der Waals surface area (Å²) < 4.78 is 16.7. The Bertz CT molecular complexity index is 1450. The smallest absolute Gasteiger partial charge is 0.305 e. The third-order valence-corrected chi connectivity index (χ3v) is 15.7. The number of nitrogens with one attached hydrogen (secondary N) is 1. The van der Waals surface area contributed by atoms with Gasteiger partial charge in [0.1, 0.15) is 24.4 Å². The molecule has 0 aromatic heterocycles. The third kappa shape index (κ3) is 46.8. The van der Waals surface area contributed by atoms with Crippen molar-refractivity contribution in [1.29, 1.82) is 0 Å². The van der Waals surface area contributed by atoms with Crippen LogP contribution in [0.5, 0.6) is 0 Å². The molecule has 79 heavy (non-hydrogen) atoms. The molecule has 462 valence electrons. The molecule has 1 amide bonds. The fourth-order valence-corrected chi connectivity index (χ4v) is 10.5. The second-order valence-electron chi connectivity index (χ2n) is 23.2. The first-order valence-electron chi connectivity index (χ1n) is 33.4.